The highest BCUT2D eigenvalue weighted by Gasteiger charge is 2.32. The van der Waals surface area contributed by atoms with E-state index in [4.69, 9.17) is 11.5 Å². The number of hydrogen-bond acceptors (Lipinski definition) is 7. The van der Waals surface area contributed by atoms with Crippen LogP contribution >= 0.6 is 0 Å². The Kier molecular flexibility index (Phi) is 12.1. The molecule has 0 radical (unpaired) electrons. The van der Waals surface area contributed by atoms with E-state index in [-0.39, 0.29) is 18.6 Å². The van der Waals surface area contributed by atoms with Crippen LogP contribution in [0.2, 0.25) is 0 Å². The predicted molar refractivity (Wildman–Crippen MR) is 163 cm³/mol. The molecule has 1 aromatic heterocycles. The van der Waals surface area contributed by atoms with Gasteiger partial charge in [0.2, 0.25) is 17.7 Å². The van der Waals surface area contributed by atoms with Gasteiger partial charge in [0.15, 0.2) is 0 Å². The van der Waals surface area contributed by atoms with Crippen molar-refractivity contribution in [2.24, 2.45) is 17.4 Å². The van der Waals surface area contributed by atoms with Crippen molar-refractivity contribution >= 4 is 34.6 Å². The number of unbranched alkanes of at least 4 members (excludes halogenated alkanes) is 1. The van der Waals surface area contributed by atoms with Gasteiger partial charge in [-0.1, -0.05) is 50.6 Å². The number of aliphatic carboxylic acids is 1. The first kappa shape index (κ1) is 33.1. The molecule has 3 aromatic rings. The van der Waals surface area contributed by atoms with Crippen LogP contribution in [0.25, 0.3) is 10.9 Å². The van der Waals surface area contributed by atoms with Crippen LogP contribution in [-0.2, 0) is 32.0 Å². The Bertz CT molecular complexity index is 1390. The molecule has 43 heavy (non-hydrogen) atoms. The maximum Gasteiger partial charge on any atom is 0.326 e. The number of nitrogens with two attached hydrogens (primary N) is 2. The summed E-state index contributed by atoms with van der Waals surface area (Å²) < 4.78 is 0. The van der Waals surface area contributed by atoms with Gasteiger partial charge in [-0.05, 0) is 54.6 Å². The number of carboxylic acids is 1. The molecule has 0 aliphatic rings. The molecule has 0 bridgehead atoms. The lowest BCUT2D eigenvalue weighted by Gasteiger charge is -2.26. The third kappa shape index (κ3) is 9.55. The highest BCUT2D eigenvalue weighted by atomic mass is 16.4. The third-order valence-corrected chi connectivity index (χ3v) is 7.28. The fourth-order valence-electron chi connectivity index (χ4n) is 4.76. The number of para-hydroxylation sites is 1. The fourth-order valence-corrected chi connectivity index (χ4v) is 4.76. The lowest BCUT2D eigenvalue weighted by molar-refractivity contribution is -0.143. The van der Waals surface area contributed by atoms with Gasteiger partial charge < -0.3 is 42.6 Å². The molecule has 0 aliphatic heterocycles. The Hall–Kier alpha value is -4.42. The Balaban J connectivity index is 1.88. The molecule has 0 saturated heterocycles. The zero-order valence-electron chi connectivity index (χ0n) is 24.5. The molecule has 10 N–H and O–H groups in total. The minimum atomic E-state index is -1.19. The smallest absolute Gasteiger partial charge is 0.326 e. The second-order valence-electron chi connectivity index (χ2n) is 11.0. The zero-order valence-corrected chi connectivity index (χ0v) is 24.5. The van der Waals surface area contributed by atoms with E-state index in [2.05, 4.69) is 20.9 Å². The van der Waals surface area contributed by atoms with Crippen molar-refractivity contribution in [1.29, 1.82) is 0 Å². The number of amides is 3. The van der Waals surface area contributed by atoms with E-state index in [1.54, 1.807) is 32.2 Å². The number of carbonyl (C=O) groups excluding carboxylic acids is 3. The Morgan fingerprint density at radius 3 is 2.14 bits per heavy atom. The average Bonchev–Trinajstić information content (AvgIpc) is 3.38. The van der Waals surface area contributed by atoms with Crippen molar-refractivity contribution in [3.8, 4) is 5.75 Å². The van der Waals surface area contributed by atoms with Gasteiger partial charge in [0.05, 0.1) is 6.04 Å². The first-order valence-electron chi connectivity index (χ1n) is 14.4. The number of phenols is 1. The van der Waals surface area contributed by atoms with Gasteiger partial charge in [0, 0.05) is 29.9 Å². The minimum Gasteiger partial charge on any atom is -0.508 e. The normalized spacial score (nSPS) is 14.1. The summed E-state index contributed by atoms with van der Waals surface area (Å²) in [4.78, 5) is 55.2. The van der Waals surface area contributed by atoms with E-state index < -0.39 is 53.8 Å². The largest absolute Gasteiger partial charge is 0.508 e. The summed E-state index contributed by atoms with van der Waals surface area (Å²) >= 11 is 0. The number of aromatic amines is 1. The van der Waals surface area contributed by atoms with Crippen LogP contribution in [0, 0.1) is 5.92 Å². The SMILES string of the molecule is CC(C)C(NC(=O)C(Cc1c[nH]c2ccccc12)NC(=O)C(Cc1ccc(O)cc1)NC(=O)C(N)CCCCN)C(=O)O. The molecule has 232 valence electrons. The van der Waals surface area contributed by atoms with E-state index in [1.807, 2.05) is 24.3 Å². The van der Waals surface area contributed by atoms with Crippen LogP contribution in [-0.4, -0.2) is 69.6 Å². The molecule has 3 rings (SSSR count). The molecule has 0 aliphatic carbocycles. The molecule has 3 amide bonds. The van der Waals surface area contributed by atoms with Crippen LogP contribution in [0.15, 0.2) is 54.7 Å². The molecule has 12 heteroatoms. The van der Waals surface area contributed by atoms with Gasteiger partial charge in [-0.3, -0.25) is 14.4 Å². The van der Waals surface area contributed by atoms with Crippen LogP contribution in [0.1, 0.15) is 44.2 Å². The van der Waals surface area contributed by atoms with Crippen molar-refractivity contribution in [1.82, 2.24) is 20.9 Å². The van der Waals surface area contributed by atoms with E-state index in [0.29, 0.717) is 31.4 Å². The van der Waals surface area contributed by atoms with Crippen molar-refractivity contribution in [3.05, 3.63) is 65.9 Å². The molecular weight excluding hydrogens is 552 g/mol. The number of fused-ring (bicyclic) bond motifs is 1. The third-order valence-electron chi connectivity index (χ3n) is 7.28. The summed E-state index contributed by atoms with van der Waals surface area (Å²) in [5, 5.41) is 28.2. The predicted octanol–water partition coefficient (Wildman–Crippen LogP) is 1.31. The molecule has 4 unspecified atom stereocenters. The highest BCUT2D eigenvalue weighted by molar-refractivity contribution is 5.95. The molecule has 0 spiro atoms. The highest BCUT2D eigenvalue weighted by Crippen LogP contribution is 2.20. The number of carboxylic acid groups (broad SMARTS) is 1. The molecule has 12 nitrogen and oxygen atoms in total. The van der Waals surface area contributed by atoms with E-state index >= 15 is 0 Å². The van der Waals surface area contributed by atoms with Gasteiger partial charge in [-0.2, -0.15) is 0 Å². The molecule has 2 aromatic carbocycles. The van der Waals surface area contributed by atoms with Gasteiger partial charge in [-0.25, -0.2) is 4.79 Å². The van der Waals surface area contributed by atoms with E-state index in [0.717, 1.165) is 16.5 Å². The van der Waals surface area contributed by atoms with Crippen molar-refractivity contribution in [2.45, 2.75) is 70.1 Å². The quantitative estimate of drug-likeness (QED) is 0.113. The number of rotatable bonds is 16. The van der Waals surface area contributed by atoms with Crippen LogP contribution in [0.5, 0.6) is 5.75 Å². The summed E-state index contributed by atoms with van der Waals surface area (Å²) in [7, 11) is 0. The van der Waals surface area contributed by atoms with Gasteiger partial charge in [0.1, 0.15) is 23.9 Å². The van der Waals surface area contributed by atoms with Crippen LogP contribution in [0.4, 0.5) is 0 Å². The van der Waals surface area contributed by atoms with Gasteiger partial charge in [0.25, 0.3) is 0 Å². The molecular formula is C31H42N6O6. The summed E-state index contributed by atoms with van der Waals surface area (Å²) in [6.45, 7) is 3.82. The number of nitrogens with one attached hydrogen (secondary N) is 4. The lowest BCUT2D eigenvalue weighted by atomic mass is 10.00. The van der Waals surface area contributed by atoms with Crippen molar-refractivity contribution in [3.63, 3.8) is 0 Å². The number of H-pyrrole nitrogens is 1. The van der Waals surface area contributed by atoms with E-state index in [9.17, 15) is 29.4 Å². The monoisotopic (exact) mass is 594 g/mol. The second kappa shape index (κ2) is 15.7. The van der Waals surface area contributed by atoms with Crippen molar-refractivity contribution < 1.29 is 29.4 Å². The Morgan fingerprint density at radius 1 is 0.860 bits per heavy atom. The number of aromatic nitrogens is 1. The second-order valence-corrected chi connectivity index (χ2v) is 11.0. The maximum atomic E-state index is 13.8. The number of phenolic OH excluding ortho intramolecular Hbond substituents is 1. The maximum absolute atomic E-state index is 13.8. The Labute approximate surface area is 250 Å². The molecule has 4 atom stereocenters. The molecule has 1 heterocycles. The first-order chi connectivity index (χ1) is 20.5. The number of benzene rings is 2. The van der Waals surface area contributed by atoms with Crippen LogP contribution < -0.4 is 27.4 Å². The first-order valence-corrected chi connectivity index (χ1v) is 14.4. The van der Waals surface area contributed by atoms with Gasteiger partial charge >= 0.3 is 5.97 Å². The van der Waals surface area contributed by atoms with Crippen LogP contribution in [0.3, 0.4) is 0 Å². The summed E-state index contributed by atoms with van der Waals surface area (Å²) in [6, 6.07) is 9.35. The number of carbonyl (C=O) groups is 4. The molecule has 0 saturated carbocycles. The van der Waals surface area contributed by atoms with Crippen molar-refractivity contribution in [2.75, 3.05) is 6.54 Å². The topological polar surface area (TPSA) is 213 Å². The fraction of sp³-hybridized carbons (Fsp3) is 0.419. The number of hydrogen-bond donors (Lipinski definition) is 8. The Morgan fingerprint density at radius 2 is 1.49 bits per heavy atom. The molecule has 0 fully saturated rings. The lowest BCUT2D eigenvalue weighted by Crippen LogP contribution is -2.58. The summed E-state index contributed by atoms with van der Waals surface area (Å²) in [6.07, 6.45) is 3.59. The van der Waals surface area contributed by atoms with Gasteiger partial charge in [-0.15, -0.1) is 0 Å². The zero-order chi connectivity index (χ0) is 31.5. The standard InChI is InChI=1S/C31H42N6O6/c1-18(2)27(31(42)43)37-30(41)26(16-20-17-34-24-9-4-3-7-22(20)24)36-29(40)25(15-19-10-12-21(38)13-11-19)35-28(39)23(33)8-5-6-14-32/h3-4,7,9-13,17-18,23,25-27,34,38H,5-6,8,14-16,32-33H2,1-2H3,(H,35,39)(H,36,40)(H,37,41)(H,42,43). The summed E-state index contributed by atoms with van der Waals surface area (Å²) in [5.74, 6) is -3.40. The summed E-state index contributed by atoms with van der Waals surface area (Å²) in [5.41, 5.74) is 13.9. The van der Waals surface area contributed by atoms with E-state index in [1.165, 1.54) is 12.1 Å². The number of aromatic hydroxyl groups is 1. The average molecular weight is 595 g/mol. The minimum absolute atomic E-state index is 0.0457.